The van der Waals surface area contributed by atoms with Crippen LogP contribution in [0.25, 0.3) is 0 Å². The Hall–Kier alpha value is -0.0800. The van der Waals surface area contributed by atoms with Gasteiger partial charge in [-0.3, -0.25) is 0 Å². The Morgan fingerprint density at radius 1 is 0.913 bits per heavy atom. The van der Waals surface area contributed by atoms with Gasteiger partial charge in [0.1, 0.15) is 0 Å². The van der Waals surface area contributed by atoms with Gasteiger partial charge in [-0.1, -0.05) is 27.2 Å². The highest BCUT2D eigenvalue weighted by Crippen LogP contribution is 2.68. The van der Waals surface area contributed by atoms with E-state index in [0.29, 0.717) is 11.3 Å². The van der Waals surface area contributed by atoms with Crippen molar-refractivity contribution in [2.45, 2.75) is 96.7 Å². The fourth-order valence-electron chi connectivity index (χ4n) is 8.05. The van der Waals surface area contributed by atoms with Crippen LogP contribution in [0.1, 0.15) is 85.0 Å². The minimum atomic E-state index is -0.510. The van der Waals surface area contributed by atoms with Gasteiger partial charge in [0, 0.05) is 5.41 Å². The Balaban J connectivity index is 1.66. The predicted molar refractivity (Wildman–Crippen MR) is 93.0 cm³/mol. The minimum Gasteiger partial charge on any atom is -0.393 e. The first kappa shape index (κ1) is 16.4. The monoisotopic (exact) mass is 320 g/mol. The fraction of sp³-hybridized carbons (Fsp3) is 1.00. The first-order valence-corrected chi connectivity index (χ1v) is 10.2. The molecular formula is C21H36O2. The lowest BCUT2D eigenvalue weighted by atomic mass is 9.43. The first-order chi connectivity index (χ1) is 10.8. The molecule has 23 heavy (non-hydrogen) atoms. The van der Waals surface area contributed by atoms with Gasteiger partial charge >= 0.3 is 0 Å². The summed E-state index contributed by atoms with van der Waals surface area (Å²) in [6.07, 6.45) is 11.2. The summed E-state index contributed by atoms with van der Waals surface area (Å²) in [5.74, 6) is 3.21. The maximum absolute atomic E-state index is 11.4. The molecule has 2 heteroatoms. The maximum atomic E-state index is 11.4. The van der Waals surface area contributed by atoms with Crippen molar-refractivity contribution in [2.24, 2.45) is 34.5 Å². The van der Waals surface area contributed by atoms with Crippen LogP contribution < -0.4 is 0 Å². The van der Waals surface area contributed by atoms with Crippen LogP contribution in [0.5, 0.6) is 0 Å². The molecule has 132 valence electrons. The molecule has 4 rings (SSSR count). The van der Waals surface area contributed by atoms with Crippen molar-refractivity contribution in [3.05, 3.63) is 0 Å². The minimum absolute atomic E-state index is 0.0563. The summed E-state index contributed by atoms with van der Waals surface area (Å²) < 4.78 is 0. The lowest BCUT2D eigenvalue weighted by Crippen LogP contribution is -2.62. The average Bonchev–Trinajstić information content (AvgIpc) is 2.85. The van der Waals surface area contributed by atoms with Crippen LogP contribution in [0.3, 0.4) is 0 Å². The molecular weight excluding hydrogens is 284 g/mol. The van der Waals surface area contributed by atoms with Crippen molar-refractivity contribution in [3.8, 4) is 0 Å². The van der Waals surface area contributed by atoms with Crippen LogP contribution in [0.15, 0.2) is 0 Å². The zero-order chi connectivity index (χ0) is 16.5. The molecule has 4 saturated carbocycles. The smallest absolute Gasteiger partial charge is 0.0705 e. The predicted octanol–water partition coefficient (Wildman–Crippen LogP) is 4.53. The largest absolute Gasteiger partial charge is 0.393 e. The van der Waals surface area contributed by atoms with Gasteiger partial charge < -0.3 is 10.2 Å². The van der Waals surface area contributed by atoms with Gasteiger partial charge in [0.25, 0.3) is 0 Å². The summed E-state index contributed by atoms with van der Waals surface area (Å²) in [4.78, 5) is 0. The number of aliphatic hydroxyl groups is 2. The number of fused-ring (bicyclic) bond motifs is 5. The zero-order valence-corrected chi connectivity index (χ0v) is 15.4. The van der Waals surface area contributed by atoms with E-state index < -0.39 is 5.60 Å². The molecule has 0 aliphatic heterocycles. The number of hydrogen-bond donors (Lipinski definition) is 2. The SMILES string of the molecule is CC[C@H]1CC[C@H]2[C@@H]3CCC4(O)CCC(O)C[C@]4(C)[C@H]3CC[C@]12C. The summed E-state index contributed by atoms with van der Waals surface area (Å²) in [5, 5.41) is 21.7. The average molecular weight is 321 g/mol. The maximum Gasteiger partial charge on any atom is 0.0705 e. The third kappa shape index (κ3) is 2.06. The van der Waals surface area contributed by atoms with Crippen LogP contribution in [0, 0.1) is 34.5 Å². The van der Waals surface area contributed by atoms with E-state index in [0.717, 1.165) is 43.4 Å². The second-order valence-electron chi connectivity index (χ2n) is 9.99. The molecule has 0 bridgehead atoms. The summed E-state index contributed by atoms with van der Waals surface area (Å²) in [6.45, 7) is 7.28. The molecule has 8 atom stereocenters. The third-order valence-electron chi connectivity index (χ3n) is 9.45. The van der Waals surface area contributed by atoms with Gasteiger partial charge in [0.2, 0.25) is 0 Å². The van der Waals surface area contributed by atoms with Crippen molar-refractivity contribution in [2.75, 3.05) is 0 Å². The Morgan fingerprint density at radius 2 is 1.65 bits per heavy atom. The number of hydrogen-bond acceptors (Lipinski definition) is 2. The highest BCUT2D eigenvalue weighted by atomic mass is 16.3. The molecule has 2 nitrogen and oxygen atoms in total. The molecule has 0 aromatic carbocycles. The zero-order valence-electron chi connectivity index (χ0n) is 15.4. The van der Waals surface area contributed by atoms with Crippen LogP contribution >= 0.6 is 0 Å². The summed E-state index contributed by atoms with van der Waals surface area (Å²) >= 11 is 0. The summed E-state index contributed by atoms with van der Waals surface area (Å²) in [5.41, 5.74) is -0.0157. The molecule has 0 saturated heterocycles. The molecule has 0 heterocycles. The quantitative estimate of drug-likeness (QED) is 0.745. The normalized spacial score (nSPS) is 59.1. The molecule has 0 radical (unpaired) electrons. The van der Waals surface area contributed by atoms with Crippen LogP contribution in [-0.2, 0) is 0 Å². The highest BCUT2D eigenvalue weighted by Gasteiger charge is 2.64. The van der Waals surface area contributed by atoms with Gasteiger partial charge in [-0.25, -0.2) is 0 Å². The van der Waals surface area contributed by atoms with Crippen LogP contribution in [0.2, 0.25) is 0 Å². The lowest BCUT2D eigenvalue weighted by Gasteiger charge is -2.64. The van der Waals surface area contributed by atoms with Gasteiger partial charge in [-0.15, -0.1) is 0 Å². The second kappa shape index (κ2) is 5.21. The molecule has 4 aliphatic rings. The van der Waals surface area contributed by atoms with Gasteiger partial charge in [-0.2, -0.15) is 0 Å². The molecule has 0 aromatic rings. The van der Waals surface area contributed by atoms with E-state index in [-0.39, 0.29) is 11.5 Å². The van der Waals surface area contributed by atoms with Gasteiger partial charge in [0.15, 0.2) is 0 Å². The van der Waals surface area contributed by atoms with Crippen molar-refractivity contribution < 1.29 is 10.2 Å². The highest BCUT2D eigenvalue weighted by molar-refractivity contribution is 5.14. The second-order valence-corrected chi connectivity index (χ2v) is 9.99. The number of rotatable bonds is 1. The molecule has 4 fully saturated rings. The Morgan fingerprint density at radius 3 is 2.39 bits per heavy atom. The molecule has 0 spiro atoms. The molecule has 4 aliphatic carbocycles. The van der Waals surface area contributed by atoms with E-state index in [9.17, 15) is 10.2 Å². The Kier molecular flexibility index (Phi) is 3.71. The van der Waals surface area contributed by atoms with E-state index in [1.165, 1.54) is 38.5 Å². The Bertz CT molecular complexity index is 476. The van der Waals surface area contributed by atoms with E-state index in [2.05, 4.69) is 20.8 Å². The standard InChI is InChI=1S/C21H36O2/c1-4-14-5-6-17-16-8-12-21(23)11-7-15(22)13-20(21,3)18(16)9-10-19(14,17)2/h14-18,22-23H,4-13H2,1-3H3/t14-,15?,16-,17-,18-,19+,20+,21?/m0/s1. The van der Waals surface area contributed by atoms with Crippen LogP contribution in [0.4, 0.5) is 0 Å². The van der Waals surface area contributed by atoms with Gasteiger partial charge in [-0.05, 0) is 86.9 Å². The van der Waals surface area contributed by atoms with E-state index >= 15 is 0 Å². The summed E-state index contributed by atoms with van der Waals surface area (Å²) in [6, 6.07) is 0. The van der Waals surface area contributed by atoms with Crippen molar-refractivity contribution in [1.29, 1.82) is 0 Å². The van der Waals surface area contributed by atoms with E-state index in [1.54, 1.807) is 0 Å². The van der Waals surface area contributed by atoms with Crippen LogP contribution in [-0.4, -0.2) is 21.9 Å². The van der Waals surface area contributed by atoms with E-state index in [1.807, 2.05) is 0 Å². The fourth-order valence-corrected chi connectivity index (χ4v) is 8.05. The third-order valence-corrected chi connectivity index (χ3v) is 9.45. The van der Waals surface area contributed by atoms with E-state index in [4.69, 9.17) is 0 Å². The summed E-state index contributed by atoms with van der Waals surface area (Å²) in [7, 11) is 0. The molecule has 0 amide bonds. The first-order valence-electron chi connectivity index (χ1n) is 10.2. The van der Waals surface area contributed by atoms with Crippen molar-refractivity contribution in [1.82, 2.24) is 0 Å². The topological polar surface area (TPSA) is 40.5 Å². The van der Waals surface area contributed by atoms with Crippen molar-refractivity contribution >= 4 is 0 Å². The van der Waals surface area contributed by atoms with Crippen molar-refractivity contribution in [3.63, 3.8) is 0 Å². The van der Waals surface area contributed by atoms with Gasteiger partial charge in [0.05, 0.1) is 11.7 Å². The molecule has 2 unspecified atom stereocenters. The lowest BCUT2D eigenvalue weighted by molar-refractivity contribution is -0.219. The molecule has 2 N–H and O–H groups in total. The number of aliphatic hydroxyl groups excluding tert-OH is 1. The Labute approximate surface area is 142 Å². The molecule has 0 aromatic heterocycles.